The third kappa shape index (κ3) is 1.02. The third-order valence-electron chi connectivity index (χ3n) is 1.65. The van der Waals surface area contributed by atoms with Crippen molar-refractivity contribution < 1.29 is 4.74 Å². The Kier molecular flexibility index (Phi) is 1.20. The summed E-state index contributed by atoms with van der Waals surface area (Å²) in [6.45, 7) is 0.894. The topological polar surface area (TPSA) is 43.2 Å². The molecule has 0 N–H and O–H groups in total. The number of rotatable bonds is 2. The molecular weight excluding hydrogens is 130 g/mol. The number of aromatic nitrogens is 3. The van der Waals surface area contributed by atoms with Gasteiger partial charge in [-0.25, -0.2) is 0 Å². The third-order valence-corrected chi connectivity index (χ3v) is 1.65. The summed E-state index contributed by atoms with van der Waals surface area (Å²) in [5.74, 6) is 0. The molecule has 1 aromatic rings. The second-order valence-corrected chi connectivity index (χ2v) is 2.51. The van der Waals surface area contributed by atoms with Crippen molar-refractivity contribution in [3.05, 3.63) is 11.9 Å². The van der Waals surface area contributed by atoms with Crippen LogP contribution in [0, 0.1) is 0 Å². The van der Waals surface area contributed by atoms with Crippen LogP contribution in [0.2, 0.25) is 0 Å². The molecule has 1 aliphatic rings. The van der Waals surface area contributed by atoms with Crippen LogP contribution in [-0.2, 0) is 18.2 Å². The molecule has 0 radical (unpaired) electrons. The van der Waals surface area contributed by atoms with Crippen LogP contribution in [0.5, 0.6) is 0 Å². The maximum atomic E-state index is 5.07. The second kappa shape index (κ2) is 2.05. The molecule has 1 aromatic heterocycles. The van der Waals surface area contributed by atoms with Crippen LogP contribution in [0.1, 0.15) is 5.69 Å². The fourth-order valence-corrected chi connectivity index (χ4v) is 0.915. The predicted octanol–water partition coefficient (Wildman–Crippen LogP) is -0.244. The summed E-state index contributed by atoms with van der Waals surface area (Å²) in [6, 6.07) is 0. The van der Waals surface area contributed by atoms with Gasteiger partial charge in [0.15, 0.2) is 0 Å². The van der Waals surface area contributed by atoms with Crippen LogP contribution >= 0.6 is 0 Å². The Hall–Kier alpha value is -0.900. The summed E-state index contributed by atoms with van der Waals surface area (Å²) < 4.78 is 6.85. The second-order valence-electron chi connectivity index (χ2n) is 2.51. The lowest BCUT2D eigenvalue weighted by Gasteiger charge is -1.93. The smallest absolute Gasteiger partial charge is 0.0865 e. The van der Waals surface area contributed by atoms with Gasteiger partial charge in [0.25, 0.3) is 0 Å². The molecule has 0 bridgehead atoms. The molecule has 1 atom stereocenters. The lowest BCUT2D eigenvalue weighted by molar-refractivity contribution is 0.403. The zero-order valence-corrected chi connectivity index (χ0v) is 5.82. The number of epoxide rings is 1. The molecule has 4 nitrogen and oxygen atoms in total. The Morgan fingerprint density at radius 2 is 2.70 bits per heavy atom. The number of hydrogen-bond acceptors (Lipinski definition) is 3. The first-order valence-electron chi connectivity index (χ1n) is 3.31. The quantitative estimate of drug-likeness (QED) is 0.531. The Balaban J connectivity index is 2.08. The van der Waals surface area contributed by atoms with E-state index in [0.717, 1.165) is 18.7 Å². The van der Waals surface area contributed by atoms with Gasteiger partial charge in [-0.3, -0.25) is 4.68 Å². The predicted molar refractivity (Wildman–Crippen MR) is 34.4 cm³/mol. The van der Waals surface area contributed by atoms with Crippen molar-refractivity contribution in [3.63, 3.8) is 0 Å². The van der Waals surface area contributed by atoms with Crippen LogP contribution in [0.4, 0.5) is 0 Å². The summed E-state index contributed by atoms with van der Waals surface area (Å²) >= 11 is 0. The normalized spacial score (nSPS) is 23.1. The molecule has 2 rings (SSSR count). The van der Waals surface area contributed by atoms with Crippen LogP contribution in [0.15, 0.2) is 6.20 Å². The molecule has 0 aromatic carbocycles. The van der Waals surface area contributed by atoms with E-state index in [4.69, 9.17) is 4.74 Å². The zero-order chi connectivity index (χ0) is 6.97. The van der Waals surface area contributed by atoms with Gasteiger partial charge in [0.05, 0.1) is 24.6 Å². The van der Waals surface area contributed by atoms with Gasteiger partial charge in [0.1, 0.15) is 0 Å². The molecule has 0 saturated carbocycles. The summed E-state index contributed by atoms with van der Waals surface area (Å²) in [7, 11) is 1.89. The van der Waals surface area contributed by atoms with Gasteiger partial charge in [-0.2, -0.15) is 0 Å². The molecule has 4 heteroatoms. The molecular formula is C6H9N3O. The van der Waals surface area contributed by atoms with Crippen molar-refractivity contribution in [2.45, 2.75) is 12.5 Å². The van der Waals surface area contributed by atoms with E-state index < -0.39 is 0 Å². The van der Waals surface area contributed by atoms with Crippen molar-refractivity contribution in [2.24, 2.45) is 7.05 Å². The zero-order valence-electron chi connectivity index (χ0n) is 5.82. The number of aryl methyl sites for hydroxylation is 1. The van der Waals surface area contributed by atoms with Gasteiger partial charge < -0.3 is 4.74 Å². The molecule has 0 aliphatic carbocycles. The van der Waals surface area contributed by atoms with Crippen molar-refractivity contribution >= 4 is 0 Å². The molecule has 1 fully saturated rings. The highest BCUT2D eigenvalue weighted by molar-refractivity contribution is 4.97. The molecule has 54 valence electrons. The molecule has 10 heavy (non-hydrogen) atoms. The average Bonchev–Trinajstić information content (AvgIpc) is 2.62. The highest BCUT2D eigenvalue weighted by atomic mass is 16.6. The van der Waals surface area contributed by atoms with Gasteiger partial charge in [0, 0.05) is 13.5 Å². The molecule has 0 spiro atoms. The van der Waals surface area contributed by atoms with E-state index in [1.165, 1.54) is 0 Å². The minimum Gasteiger partial charge on any atom is -0.373 e. The lowest BCUT2D eigenvalue weighted by atomic mass is 10.3. The molecule has 1 aliphatic heterocycles. The van der Waals surface area contributed by atoms with E-state index in [-0.39, 0.29) is 0 Å². The fourth-order valence-electron chi connectivity index (χ4n) is 0.915. The largest absolute Gasteiger partial charge is 0.373 e. The van der Waals surface area contributed by atoms with E-state index in [0.29, 0.717) is 6.10 Å². The number of hydrogen-bond donors (Lipinski definition) is 0. The standard InChI is InChI=1S/C6H9N3O/c1-9-5(3-7-8-9)2-6-4-10-6/h3,6H,2,4H2,1H3. The van der Waals surface area contributed by atoms with E-state index in [9.17, 15) is 0 Å². The molecule has 0 amide bonds. The van der Waals surface area contributed by atoms with E-state index in [1.807, 2.05) is 7.05 Å². The molecule has 1 unspecified atom stereocenters. The van der Waals surface area contributed by atoms with Crippen LogP contribution < -0.4 is 0 Å². The van der Waals surface area contributed by atoms with Gasteiger partial charge in [-0.05, 0) is 0 Å². The SMILES string of the molecule is Cn1nncc1CC1CO1. The average molecular weight is 139 g/mol. The van der Waals surface area contributed by atoms with Crippen LogP contribution in [0.25, 0.3) is 0 Å². The summed E-state index contributed by atoms with van der Waals surface area (Å²) in [5, 5.41) is 7.57. The van der Waals surface area contributed by atoms with Crippen molar-refractivity contribution in [3.8, 4) is 0 Å². The Bertz CT molecular complexity index is 229. The summed E-state index contributed by atoms with van der Waals surface area (Å²) in [5.41, 5.74) is 1.14. The van der Waals surface area contributed by atoms with Gasteiger partial charge >= 0.3 is 0 Å². The number of nitrogens with zero attached hydrogens (tertiary/aromatic N) is 3. The van der Waals surface area contributed by atoms with Gasteiger partial charge in [0.2, 0.25) is 0 Å². The van der Waals surface area contributed by atoms with E-state index in [2.05, 4.69) is 10.3 Å². The molecule has 1 saturated heterocycles. The van der Waals surface area contributed by atoms with E-state index in [1.54, 1.807) is 10.9 Å². The van der Waals surface area contributed by atoms with Crippen LogP contribution in [-0.4, -0.2) is 27.7 Å². The Morgan fingerprint density at radius 3 is 3.20 bits per heavy atom. The highest BCUT2D eigenvalue weighted by Crippen LogP contribution is 2.14. The van der Waals surface area contributed by atoms with Crippen molar-refractivity contribution in [2.75, 3.05) is 6.61 Å². The lowest BCUT2D eigenvalue weighted by Crippen LogP contribution is -2.01. The Morgan fingerprint density at radius 1 is 1.90 bits per heavy atom. The first kappa shape index (κ1) is 5.85. The summed E-state index contributed by atoms with van der Waals surface area (Å²) in [6.07, 6.45) is 3.16. The summed E-state index contributed by atoms with van der Waals surface area (Å²) in [4.78, 5) is 0. The monoisotopic (exact) mass is 139 g/mol. The van der Waals surface area contributed by atoms with Gasteiger partial charge in [-0.1, -0.05) is 5.21 Å². The minimum atomic E-state index is 0.428. The van der Waals surface area contributed by atoms with E-state index >= 15 is 0 Å². The molecule has 2 heterocycles. The van der Waals surface area contributed by atoms with Gasteiger partial charge in [-0.15, -0.1) is 5.10 Å². The fraction of sp³-hybridized carbons (Fsp3) is 0.667. The highest BCUT2D eigenvalue weighted by Gasteiger charge is 2.23. The van der Waals surface area contributed by atoms with Crippen LogP contribution in [0.3, 0.4) is 0 Å². The first-order valence-corrected chi connectivity index (χ1v) is 3.31. The maximum Gasteiger partial charge on any atom is 0.0865 e. The maximum absolute atomic E-state index is 5.07. The minimum absolute atomic E-state index is 0.428. The van der Waals surface area contributed by atoms with Crippen molar-refractivity contribution in [1.29, 1.82) is 0 Å². The first-order chi connectivity index (χ1) is 4.86. The number of ether oxygens (including phenoxy) is 1. The Labute approximate surface area is 58.8 Å². The van der Waals surface area contributed by atoms with Crippen molar-refractivity contribution in [1.82, 2.24) is 15.0 Å².